The maximum absolute atomic E-state index is 14.1. The monoisotopic (exact) mass is 425 g/mol. The van der Waals surface area contributed by atoms with E-state index in [1.165, 1.54) is 30.1 Å². The van der Waals surface area contributed by atoms with E-state index in [9.17, 15) is 9.18 Å². The Morgan fingerprint density at radius 2 is 2.23 bits per heavy atom. The van der Waals surface area contributed by atoms with Gasteiger partial charge in [0, 0.05) is 40.2 Å². The molecule has 0 spiro atoms. The molecule has 5 rings (SSSR count). The van der Waals surface area contributed by atoms with Gasteiger partial charge in [0.05, 0.1) is 13.3 Å². The van der Waals surface area contributed by atoms with Gasteiger partial charge in [-0.05, 0) is 18.4 Å². The third kappa shape index (κ3) is 3.27. The number of fused-ring (bicyclic) bond motifs is 2. The fourth-order valence-corrected chi connectivity index (χ4v) is 3.42. The van der Waals surface area contributed by atoms with Crippen LogP contribution in [0.3, 0.4) is 0 Å². The van der Waals surface area contributed by atoms with Gasteiger partial charge in [0.1, 0.15) is 5.52 Å². The van der Waals surface area contributed by atoms with E-state index < -0.39 is 12.8 Å². The van der Waals surface area contributed by atoms with Crippen molar-refractivity contribution < 1.29 is 18.0 Å². The van der Waals surface area contributed by atoms with E-state index >= 15 is 0 Å². The molecule has 0 unspecified atom stereocenters. The number of aromatic nitrogens is 6. The van der Waals surface area contributed by atoms with Crippen molar-refractivity contribution in [3.8, 4) is 17.1 Å². The first kappa shape index (κ1) is 15.9. The van der Waals surface area contributed by atoms with E-state index in [4.69, 9.17) is 8.85 Å². The Morgan fingerprint density at radius 1 is 1.39 bits per heavy atom. The molecule has 10 nitrogen and oxygen atoms in total. The van der Waals surface area contributed by atoms with Crippen LogP contribution in [-0.4, -0.2) is 49.8 Å². The third-order valence-electron chi connectivity index (χ3n) is 5.30. The number of amides is 1. The number of pyridine rings is 2. The fraction of sp³-hybridized carbons (Fsp3) is 0.300. The number of carbonyl (C=O) groups is 1. The van der Waals surface area contributed by atoms with Crippen LogP contribution >= 0.6 is 0 Å². The molecule has 0 saturated heterocycles. The fourth-order valence-electron chi connectivity index (χ4n) is 3.42. The molecule has 1 saturated carbocycles. The highest BCUT2D eigenvalue weighted by Gasteiger charge is 2.39. The van der Waals surface area contributed by atoms with Crippen LogP contribution in [0.1, 0.15) is 17.5 Å². The Morgan fingerprint density at radius 3 is 2.97 bits per heavy atom. The first-order valence-electron chi connectivity index (χ1n) is 11.0. The summed E-state index contributed by atoms with van der Waals surface area (Å²) >= 11 is 0. The number of methoxy groups -OCH3 is 1. The number of carbonyl (C=O) groups excluding carboxylic acids is 1. The lowest BCUT2D eigenvalue weighted by Crippen LogP contribution is -2.16. The second kappa shape index (κ2) is 7.11. The minimum absolute atomic E-state index is 0.00525. The summed E-state index contributed by atoms with van der Waals surface area (Å²) in [5.41, 5.74) is 0.762. The Labute approximate surface area is 180 Å². The Hall–Kier alpha value is -3.89. The molecular formula is C20H19FN8O2. The predicted octanol–water partition coefficient (Wildman–Crippen LogP) is 2.52. The molecular weight excluding hydrogens is 403 g/mol. The zero-order chi connectivity index (χ0) is 24.2. The summed E-state index contributed by atoms with van der Waals surface area (Å²) in [6.07, 6.45) is 3.54. The van der Waals surface area contributed by atoms with Gasteiger partial charge in [0.2, 0.25) is 5.91 Å². The standard InChI is InChI=1S/C20H19FN8O2/c1-9-4-10(9)20(30)24-15-5-11-12(7-23-19(22-2)17(11)27-26-15)18-25-16-6-13(21)14(31-3)8-29(16)28-18/h5-10H,4H2,1-3H3,(H,22,23)(H,24,26,30)/t9-,10+/m1/s1/i2D3. The van der Waals surface area contributed by atoms with Crippen molar-refractivity contribution >= 4 is 34.1 Å². The smallest absolute Gasteiger partial charge is 0.228 e. The quantitative estimate of drug-likeness (QED) is 0.501. The second-order valence-corrected chi connectivity index (χ2v) is 7.37. The molecule has 0 aromatic carbocycles. The van der Waals surface area contributed by atoms with E-state index in [2.05, 4.69) is 35.9 Å². The minimum atomic E-state index is -2.52. The van der Waals surface area contributed by atoms with Crippen LogP contribution in [0.15, 0.2) is 24.5 Å². The van der Waals surface area contributed by atoms with Gasteiger partial charge in [-0.2, -0.15) is 0 Å². The van der Waals surface area contributed by atoms with Crippen LogP contribution in [0.25, 0.3) is 27.9 Å². The van der Waals surface area contributed by atoms with Crippen molar-refractivity contribution in [2.24, 2.45) is 11.8 Å². The van der Waals surface area contributed by atoms with E-state index in [1.807, 2.05) is 6.92 Å². The van der Waals surface area contributed by atoms with Crippen LogP contribution < -0.4 is 15.4 Å². The van der Waals surface area contributed by atoms with Crippen LogP contribution in [-0.2, 0) is 4.79 Å². The number of nitrogens with one attached hydrogen (secondary N) is 2. The summed E-state index contributed by atoms with van der Waals surface area (Å²) in [5, 5.41) is 18.0. The van der Waals surface area contributed by atoms with Crippen LogP contribution in [0.5, 0.6) is 5.75 Å². The molecule has 2 N–H and O–H groups in total. The van der Waals surface area contributed by atoms with Crippen LogP contribution in [0, 0.1) is 17.7 Å². The molecule has 0 bridgehead atoms. The van der Waals surface area contributed by atoms with E-state index in [0.717, 1.165) is 6.42 Å². The van der Waals surface area contributed by atoms with Crippen LogP contribution in [0.4, 0.5) is 16.0 Å². The topological polar surface area (TPSA) is 119 Å². The number of nitrogens with zero attached hydrogens (tertiary/aromatic N) is 6. The Bertz CT molecular complexity index is 1440. The van der Waals surface area contributed by atoms with Gasteiger partial charge in [-0.25, -0.2) is 18.9 Å². The number of rotatable bonds is 5. The molecule has 31 heavy (non-hydrogen) atoms. The number of hydrogen-bond donors (Lipinski definition) is 2. The first-order valence-corrected chi connectivity index (χ1v) is 9.49. The van der Waals surface area contributed by atoms with Crippen molar-refractivity contribution in [2.45, 2.75) is 13.3 Å². The van der Waals surface area contributed by atoms with Crippen molar-refractivity contribution in [3.63, 3.8) is 0 Å². The zero-order valence-corrected chi connectivity index (χ0v) is 16.5. The van der Waals surface area contributed by atoms with Gasteiger partial charge in [-0.15, -0.1) is 15.3 Å². The average Bonchev–Trinajstić information content (AvgIpc) is 3.37. The summed E-state index contributed by atoms with van der Waals surface area (Å²) in [6.45, 7) is -0.534. The lowest BCUT2D eigenvalue weighted by atomic mass is 10.1. The molecule has 4 aromatic rings. The maximum Gasteiger partial charge on any atom is 0.228 e. The lowest BCUT2D eigenvalue weighted by molar-refractivity contribution is -0.117. The first-order chi connectivity index (χ1) is 16.1. The number of hydrogen-bond acceptors (Lipinski definition) is 8. The van der Waals surface area contributed by atoms with Gasteiger partial charge >= 0.3 is 0 Å². The number of halogens is 1. The molecule has 1 fully saturated rings. The molecule has 0 aliphatic heterocycles. The highest BCUT2D eigenvalue weighted by molar-refractivity contribution is 6.01. The molecule has 4 aromatic heterocycles. The summed E-state index contributed by atoms with van der Waals surface area (Å²) in [5.74, 6) is -0.168. The summed E-state index contributed by atoms with van der Waals surface area (Å²) in [6, 6.07) is 2.74. The highest BCUT2D eigenvalue weighted by Crippen LogP contribution is 2.38. The van der Waals surface area contributed by atoms with E-state index in [1.54, 1.807) is 6.07 Å². The van der Waals surface area contributed by atoms with Gasteiger partial charge in [-0.3, -0.25) is 4.79 Å². The Kier molecular flexibility index (Phi) is 3.64. The minimum Gasteiger partial charge on any atom is -0.492 e. The largest absolute Gasteiger partial charge is 0.492 e. The molecule has 2 atom stereocenters. The number of ether oxygens (including phenoxy) is 1. The normalized spacial score (nSPS) is 19.5. The number of anilines is 2. The van der Waals surface area contributed by atoms with Crippen molar-refractivity contribution in [2.75, 3.05) is 24.7 Å². The lowest BCUT2D eigenvalue weighted by Gasteiger charge is -2.09. The molecule has 11 heteroatoms. The maximum atomic E-state index is 14.1. The van der Waals surface area contributed by atoms with Gasteiger partial charge < -0.3 is 15.4 Å². The molecule has 1 aliphatic carbocycles. The molecule has 1 amide bonds. The van der Waals surface area contributed by atoms with Gasteiger partial charge in [0.25, 0.3) is 0 Å². The second-order valence-electron chi connectivity index (χ2n) is 7.37. The molecule has 1 aliphatic rings. The molecule has 4 heterocycles. The summed E-state index contributed by atoms with van der Waals surface area (Å²) in [7, 11) is 1.34. The predicted molar refractivity (Wildman–Crippen MR) is 111 cm³/mol. The van der Waals surface area contributed by atoms with E-state index in [-0.39, 0.29) is 46.2 Å². The van der Waals surface area contributed by atoms with Gasteiger partial charge in [-0.1, -0.05) is 6.92 Å². The van der Waals surface area contributed by atoms with Crippen molar-refractivity contribution in [3.05, 3.63) is 30.3 Å². The molecule has 158 valence electrons. The van der Waals surface area contributed by atoms with E-state index in [0.29, 0.717) is 16.9 Å². The SMILES string of the molecule is [2H]C([2H])([2H])Nc1ncc(-c2nc3cc(F)c(OC)cn3n2)c2cc(NC(=O)[C@H]3C[C@H]3C)nnc12. The third-order valence-corrected chi connectivity index (χ3v) is 5.30. The van der Waals surface area contributed by atoms with Crippen LogP contribution in [0.2, 0.25) is 0 Å². The van der Waals surface area contributed by atoms with Crippen molar-refractivity contribution in [1.29, 1.82) is 0 Å². The highest BCUT2D eigenvalue weighted by atomic mass is 19.1. The molecule has 0 radical (unpaired) electrons. The van der Waals surface area contributed by atoms with Gasteiger partial charge in [0.15, 0.2) is 34.7 Å². The average molecular weight is 425 g/mol. The van der Waals surface area contributed by atoms with Crippen molar-refractivity contribution in [1.82, 2.24) is 29.8 Å². The zero-order valence-electron chi connectivity index (χ0n) is 19.5. The Balaban J connectivity index is 1.64. The summed E-state index contributed by atoms with van der Waals surface area (Å²) < 4.78 is 43.0. The summed E-state index contributed by atoms with van der Waals surface area (Å²) in [4.78, 5) is 20.9.